The SMILES string of the molecule is CC(C(=O)O)c1cc(-c2cccc(F)c2)n[nH]1. The van der Waals surface area contributed by atoms with E-state index in [4.69, 9.17) is 5.11 Å². The third kappa shape index (κ3) is 2.33. The van der Waals surface area contributed by atoms with Gasteiger partial charge in [-0.05, 0) is 25.1 Å². The Bertz CT molecular complexity index is 551. The van der Waals surface area contributed by atoms with E-state index in [1.807, 2.05) is 0 Å². The largest absolute Gasteiger partial charge is 0.481 e. The molecule has 0 fully saturated rings. The van der Waals surface area contributed by atoms with Crippen molar-refractivity contribution in [3.05, 3.63) is 41.8 Å². The van der Waals surface area contributed by atoms with Gasteiger partial charge in [0, 0.05) is 11.3 Å². The van der Waals surface area contributed by atoms with Crippen molar-refractivity contribution in [2.24, 2.45) is 0 Å². The summed E-state index contributed by atoms with van der Waals surface area (Å²) >= 11 is 0. The normalized spacial score (nSPS) is 12.4. The van der Waals surface area contributed by atoms with E-state index in [9.17, 15) is 9.18 Å². The molecule has 0 saturated heterocycles. The van der Waals surface area contributed by atoms with E-state index in [-0.39, 0.29) is 5.82 Å². The molecule has 0 bridgehead atoms. The van der Waals surface area contributed by atoms with Crippen molar-refractivity contribution >= 4 is 5.97 Å². The van der Waals surface area contributed by atoms with Crippen LogP contribution in [0, 0.1) is 5.82 Å². The van der Waals surface area contributed by atoms with Gasteiger partial charge in [-0.1, -0.05) is 12.1 Å². The number of halogens is 1. The third-order valence-corrected chi connectivity index (χ3v) is 2.55. The fourth-order valence-electron chi connectivity index (χ4n) is 1.49. The van der Waals surface area contributed by atoms with Crippen LogP contribution < -0.4 is 0 Å². The van der Waals surface area contributed by atoms with Crippen molar-refractivity contribution in [2.45, 2.75) is 12.8 Å². The zero-order valence-corrected chi connectivity index (χ0v) is 9.14. The van der Waals surface area contributed by atoms with E-state index in [1.165, 1.54) is 12.1 Å². The predicted molar refractivity (Wildman–Crippen MR) is 60.0 cm³/mol. The van der Waals surface area contributed by atoms with Gasteiger partial charge in [-0.15, -0.1) is 0 Å². The Balaban J connectivity index is 2.33. The Hall–Kier alpha value is -2.17. The molecular weight excluding hydrogens is 223 g/mol. The summed E-state index contributed by atoms with van der Waals surface area (Å²) in [4.78, 5) is 10.8. The maximum Gasteiger partial charge on any atom is 0.312 e. The number of carboxylic acids is 1. The molecule has 0 radical (unpaired) electrons. The van der Waals surface area contributed by atoms with E-state index in [0.717, 1.165) is 0 Å². The summed E-state index contributed by atoms with van der Waals surface area (Å²) in [6.07, 6.45) is 0. The van der Waals surface area contributed by atoms with Gasteiger partial charge >= 0.3 is 5.97 Å². The topological polar surface area (TPSA) is 66.0 Å². The molecule has 1 unspecified atom stereocenters. The molecule has 1 aromatic heterocycles. The number of carboxylic acid groups (broad SMARTS) is 1. The highest BCUT2D eigenvalue weighted by Crippen LogP contribution is 2.22. The number of nitrogens with zero attached hydrogens (tertiary/aromatic N) is 1. The first kappa shape index (κ1) is 11.3. The van der Waals surface area contributed by atoms with Crippen molar-refractivity contribution < 1.29 is 14.3 Å². The van der Waals surface area contributed by atoms with Crippen molar-refractivity contribution in [1.29, 1.82) is 0 Å². The Kier molecular flexibility index (Phi) is 2.91. The van der Waals surface area contributed by atoms with Gasteiger partial charge in [-0.25, -0.2) is 4.39 Å². The number of H-pyrrole nitrogens is 1. The molecule has 5 heteroatoms. The van der Waals surface area contributed by atoms with Gasteiger partial charge in [-0.2, -0.15) is 5.10 Å². The summed E-state index contributed by atoms with van der Waals surface area (Å²) in [5.41, 5.74) is 1.65. The number of aliphatic carboxylic acids is 1. The fourth-order valence-corrected chi connectivity index (χ4v) is 1.49. The number of rotatable bonds is 3. The first-order chi connectivity index (χ1) is 8.08. The van der Waals surface area contributed by atoms with Gasteiger partial charge in [0.05, 0.1) is 11.6 Å². The lowest BCUT2D eigenvalue weighted by molar-refractivity contribution is -0.138. The molecule has 1 aromatic carbocycles. The van der Waals surface area contributed by atoms with Gasteiger partial charge < -0.3 is 5.11 Å². The first-order valence-corrected chi connectivity index (χ1v) is 5.12. The lowest BCUT2D eigenvalue weighted by Gasteiger charge is -2.00. The molecule has 0 aliphatic carbocycles. The second kappa shape index (κ2) is 4.37. The number of benzene rings is 1. The minimum Gasteiger partial charge on any atom is -0.481 e. The minimum atomic E-state index is -0.931. The van der Waals surface area contributed by atoms with Crippen LogP contribution in [0.25, 0.3) is 11.3 Å². The number of nitrogens with one attached hydrogen (secondary N) is 1. The van der Waals surface area contributed by atoms with Crippen molar-refractivity contribution in [3.63, 3.8) is 0 Å². The molecule has 4 nitrogen and oxygen atoms in total. The van der Waals surface area contributed by atoms with E-state index in [0.29, 0.717) is 17.0 Å². The second-order valence-electron chi connectivity index (χ2n) is 3.78. The van der Waals surface area contributed by atoms with Crippen LogP contribution in [0.2, 0.25) is 0 Å². The molecule has 0 amide bonds. The highest BCUT2D eigenvalue weighted by atomic mass is 19.1. The maximum absolute atomic E-state index is 13.0. The fraction of sp³-hybridized carbons (Fsp3) is 0.167. The second-order valence-corrected chi connectivity index (χ2v) is 3.78. The van der Waals surface area contributed by atoms with Gasteiger partial charge in [0.25, 0.3) is 0 Å². The quantitative estimate of drug-likeness (QED) is 0.857. The van der Waals surface area contributed by atoms with E-state index < -0.39 is 11.9 Å². The average molecular weight is 234 g/mol. The molecule has 0 aliphatic heterocycles. The van der Waals surface area contributed by atoms with Gasteiger partial charge in [0.1, 0.15) is 5.82 Å². The summed E-state index contributed by atoms with van der Waals surface area (Å²) in [6.45, 7) is 1.56. The molecule has 1 heterocycles. The smallest absolute Gasteiger partial charge is 0.312 e. The summed E-state index contributed by atoms with van der Waals surface area (Å²) in [5.74, 6) is -1.94. The van der Waals surface area contributed by atoms with E-state index in [1.54, 1.807) is 25.1 Å². The minimum absolute atomic E-state index is 0.349. The third-order valence-electron chi connectivity index (χ3n) is 2.55. The molecule has 0 aliphatic rings. The van der Waals surface area contributed by atoms with Crippen molar-refractivity contribution in [2.75, 3.05) is 0 Å². The molecule has 2 N–H and O–H groups in total. The lowest BCUT2D eigenvalue weighted by atomic mass is 10.1. The Labute approximate surface area is 97.1 Å². The lowest BCUT2D eigenvalue weighted by Crippen LogP contribution is -2.07. The number of hydrogen-bond donors (Lipinski definition) is 2. The van der Waals surface area contributed by atoms with Gasteiger partial charge in [0.2, 0.25) is 0 Å². The van der Waals surface area contributed by atoms with Crippen LogP contribution in [0.3, 0.4) is 0 Å². The number of carbonyl (C=O) groups is 1. The van der Waals surface area contributed by atoms with Crippen LogP contribution >= 0.6 is 0 Å². The molecule has 2 aromatic rings. The number of aromatic nitrogens is 2. The molecule has 17 heavy (non-hydrogen) atoms. The monoisotopic (exact) mass is 234 g/mol. The molecule has 0 saturated carbocycles. The van der Waals surface area contributed by atoms with E-state index in [2.05, 4.69) is 10.2 Å². The average Bonchev–Trinajstić information content (AvgIpc) is 2.77. The van der Waals surface area contributed by atoms with Crippen LogP contribution in [0.4, 0.5) is 4.39 Å². The highest BCUT2D eigenvalue weighted by molar-refractivity contribution is 5.75. The highest BCUT2D eigenvalue weighted by Gasteiger charge is 2.16. The molecule has 2 rings (SSSR count). The van der Waals surface area contributed by atoms with E-state index >= 15 is 0 Å². The standard InChI is InChI=1S/C12H11FN2O2/c1-7(12(16)17)10-6-11(15-14-10)8-3-2-4-9(13)5-8/h2-7H,1H3,(H,14,15)(H,16,17). The summed E-state index contributed by atoms with van der Waals surface area (Å²) in [5, 5.41) is 15.5. The molecule has 1 atom stereocenters. The van der Waals surface area contributed by atoms with Crippen LogP contribution in [0.15, 0.2) is 30.3 Å². The molecular formula is C12H11FN2O2. The van der Waals surface area contributed by atoms with Crippen LogP contribution in [0.1, 0.15) is 18.5 Å². The molecule has 0 spiro atoms. The van der Waals surface area contributed by atoms with Crippen LogP contribution in [-0.4, -0.2) is 21.3 Å². The summed E-state index contributed by atoms with van der Waals surface area (Å²) < 4.78 is 13.0. The van der Waals surface area contributed by atoms with Crippen molar-refractivity contribution in [3.8, 4) is 11.3 Å². The van der Waals surface area contributed by atoms with Gasteiger partial charge in [-0.3, -0.25) is 9.89 Å². The predicted octanol–water partition coefficient (Wildman–Crippen LogP) is 2.40. The van der Waals surface area contributed by atoms with Crippen LogP contribution in [0.5, 0.6) is 0 Å². The first-order valence-electron chi connectivity index (χ1n) is 5.12. The maximum atomic E-state index is 13.0. The Morgan fingerprint density at radius 1 is 1.47 bits per heavy atom. The summed E-state index contributed by atoms with van der Waals surface area (Å²) in [7, 11) is 0. The Morgan fingerprint density at radius 2 is 2.24 bits per heavy atom. The van der Waals surface area contributed by atoms with Gasteiger partial charge in [0.15, 0.2) is 0 Å². The zero-order valence-electron chi connectivity index (χ0n) is 9.14. The number of hydrogen-bond acceptors (Lipinski definition) is 2. The number of aromatic amines is 1. The van der Waals surface area contributed by atoms with Crippen LogP contribution in [-0.2, 0) is 4.79 Å². The zero-order chi connectivity index (χ0) is 12.4. The van der Waals surface area contributed by atoms with Crippen molar-refractivity contribution in [1.82, 2.24) is 10.2 Å². The molecule has 88 valence electrons. The summed E-state index contributed by atoms with van der Waals surface area (Å²) in [6, 6.07) is 7.62. The Morgan fingerprint density at radius 3 is 2.88 bits per heavy atom.